The number of hydrogen-bond acceptors (Lipinski definition) is 4. The SMILES string of the molecule is CCOCCN1C(=O)C2C(=Nc3n(C(C)C)c(C)c(C)[n+]32)N(C)C1=O. The van der Waals surface area contributed by atoms with E-state index in [1.54, 1.807) is 7.05 Å². The third kappa shape index (κ3) is 2.47. The van der Waals surface area contributed by atoms with Crippen molar-refractivity contribution in [3.63, 3.8) is 0 Å². The summed E-state index contributed by atoms with van der Waals surface area (Å²) in [5.41, 5.74) is 2.08. The molecule has 2 aliphatic heterocycles. The number of hydrogen-bond donors (Lipinski definition) is 0. The summed E-state index contributed by atoms with van der Waals surface area (Å²) < 4.78 is 9.38. The highest BCUT2D eigenvalue weighted by Gasteiger charge is 2.54. The Morgan fingerprint density at radius 1 is 1.28 bits per heavy atom. The molecular formula is C17H26N5O3+. The molecule has 1 aromatic heterocycles. The standard InChI is InChI=1S/C17H26N5O3/c1-7-25-9-8-20-15(23)13-14(19(6)17(20)24)18-16-21(10(2)3)11(4)12(5)22(13)16/h10,13H,7-9H2,1-6H3/q+1. The Kier molecular flexibility index (Phi) is 4.40. The molecule has 1 atom stereocenters. The molecule has 0 bridgehead atoms. The third-order valence-corrected chi connectivity index (χ3v) is 4.94. The van der Waals surface area contributed by atoms with Crippen molar-refractivity contribution >= 4 is 23.7 Å². The molecule has 0 saturated carbocycles. The molecule has 0 aromatic carbocycles. The van der Waals surface area contributed by atoms with Gasteiger partial charge in [-0.15, -0.1) is 0 Å². The van der Waals surface area contributed by atoms with Crippen molar-refractivity contribution in [1.82, 2.24) is 14.4 Å². The molecule has 1 fully saturated rings. The number of amides is 3. The maximum absolute atomic E-state index is 13.1. The van der Waals surface area contributed by atoms with Crippen molar-refractivity contribution in [2.24, 2.45) is 4.99 Å². The summed E-state index contributed by atoms with van der Waals surface area (Å²) >= 11 is 0. The zero-order chi connectivity index (χ0) is 18.5. The minimum Gasteiger partial charge on any atom is -0.380 e. The molecule has 0 spiro atoms. The van der Waals surface area contributed by atoms with E-state index in [9.17, 15) is 9.59 Å². The van der Waals surface area contributed by atoms with E-state index >= 15 is 0 Å². The van der Waals surface area contributed by atoms with Crippen LogP contribution in [0.15, 0.2) is 4.99 Å². The van der Waals surface area contributed by atoms with Crippen molar-refractivity contribution in [3.05, 3.63) is 11.4 Å². The van der Waals surface area contributed by atoms with Gasteiger partial charge in [-0.05, 0) is 34.6 Å². The van der Waals surface area contributed by atoms with E-state index < -0.39 is 6.04 Å². The average Bonchev–Trinajstić information content (AvgIpc) is 3.05. The molecule has 8 nitrogen and oxygen atoms in total. The van der Waals surface area contributed by atoms with E-state index in [4.69, 9.17) is 4.74 Å². The number of urea groups is 1. The molecule has 0 N–H and O–H groups in total. The first kappa shape index (κ1) is 17.6. The van der Waals surface area contributed by atoms with Crippen LogP contribution in [0.3, 0.4) is 0 Å². The third-order valence-electron chi connectivity index (χ3n) is 4.94. The Labute approximate surface area is 147 Å². The maximum atomic E-state index is 13.1. The van der Waals surface area contributed by atoms with Gasteiger partial charge in [-0.1, -0.05) is 4.99 Å². The summed E-state index contributed by atoms with van der Waals surface area (Å²) in [5.74, 6) is 0.981. The van der Waals surface area contributed by atoms with E-state index in [1.807, 2.05) is 25.3 Å². The first-order valence-corrected chi connectivity index (χ1v) is 8.69. The number of amidine groups is 1. The Morgan fingerprint density at radius 3 is 2.56 bits per heavy atom. The van der Waals surface area contributed by atoms with Gasteiger partial charge in [-0.25, -0.2) is 13.9 Å². The van der Waals surface area contributed by atoms with Gasteiger partial charge in [0, 0.05) is 13.7 Å². The summed E-state index contributed by atoms with van der Waals surface area (Å²) in [4.78, 5) is 33.1. The molecule has 3 heterocycles. The van der Waals surface area contributed by atoms with Crippen LogP contribution in [0.5, 0.6) is 0 Å². The van der Waals surface area contributed by atoms with E-state index in [2.05, 4.69) is 23.4 Å². The minimum absolute atomic E-state index is 0.213. The Morgan fingerprint density at radius 2 is 1.96 bits per heavy atom. The van der Waals surface area contributed by atoms with Gasteiger partial charge >= 0.3 is 12.0 Å². The largest absolute Gasteiger partial charge is 0.402 e. The van der Waals surface area contributed by atoms with Crippen LogP contribution in [0.2, 0.25) is 0 Å². The summed E-state index contributed by atoms with van der Waals surface area (Å²) in [5, 5.41) is 0. The summed E-state index contributed by atoms with van der Waals surface area (Å²) in [6, 6.07) is -0.724. The van der Waals surface area contributed by atoms with Gasteiger partial charge in [-0.2, -0.15) is 0 Å². The Bertz CT molecular complexity index is 765. The predicted octanol–water partition coefficient (Wildman–Crippen LogP) is 1.49. The normalized spacial score (nSPS) is 19.6. The van der Waals surface area contributed by atoms with Crippen LogP contribution in [0, 0.1) is 13.8 Å². The van der Waals surface area contributed by atoms with E-state index in [0.717, 1.165) is 17.3 Å². The quantitative estimate of drug-likeness (QED) is 0.598. The number of ether oxygens (including phenoxy) is 1. The number of aliphatic imine (C=N–C) groups is 1. The zero-order valence-electron chi connectivity index (χ0n) is 15.7. The van der Waals surface area contributed by atoms with Crippen molar-refractivity contribution in [2.75, 3.05) is 26.8 Å². The number of carbonyl (C=O) groups is 2. The molecule has 1 unspecified atom stereocenters. The molecule has 3 rings (SSSR count). The Balaban J connectivity index is 2.05. The lowest BCUT2D eigenvalue weighted by molar-refractivity contribution is -0.683. The number of aromatic nitrogens is 2. The lowest BCUT2D eigenvalue weighted by Gasteiger charge is -2.33. The first-order valence-electron chi connectivity index (χ1n) is 8.69. The van der Waals surface area contributed by atoms with Crippen LogP contribution in [-0.2, 0) is 9.53 Å². The molecule has 0 aliphatic carbocycles. The van der Waals surface area contributed by atoms with Gasteiger partial charge in [0.1, 0.15) is 11.4 Å². The van der Waals surface area contributed by atoms with Crippen LogP contribution >= 0.6 is 0 Å². The smallest absolute Gasteiger partial charge is 0.380 e. The van der Waals surface area contributed by atoms with Gasteiger partial charge in [0.2, 0.25) is 11.9 Å². The molecule has 1 aromatic rings. The number of fused-ring (bicyclic) bond motifs is 3. The molecular weight excluding hydrogens is 322 g/mol. The fourth-order valence-corrected chi connectivity index (χ4v) is 3.59. The van der Waals surface area contributed by atoms with Gasteiger partial charge in [0.15, 0.2) is 0 Å². The van der Waals surface area contributed by atoms with Crippen LogP contribution in [-0.4, -0.2) is 58.9 Å². The summed E-state index contributed by atoms with van der Waals surface area (Å²) in [6.07, 6.45) is 0. The zero-order valence-corrected chi connectivity index (χ0v) is 15.7. The van der Waals surface area contributed by atoms with Gasteiger partial charge in [0.25, 0.3) is 5.91 Å². The highest BCUT2D eigenvalue weighted by Crippen LogP contribution is 2.32. The number of carbonyl (C=O) groups excluding carboxylic acids is 2. The highest BCUT2D eigenvalue weighted by molar-refractivity contribution is 6.19. The highest BCUT2D eigenvalue weighted by atomic mass is 16.5. The van der Waals surface area contributed by atoms with Crippen molar-refractivity contribution in [1.29, 1.82) is 0 Å². The number of likely N-dealkylation sites (N-methyl/N-ethyl adjacent to an activating group) is 1. The van der Waals surface area contributed by atoms with Crippen LogP contribution in [0.1, 0.15) is 44.2 Å². The van der Waals surface area contributed by atoms with Crippen molar-refractivity contribution in [2.45, 2.75) is 46.7 Å². The number of rotatable bonds is 5. The molecule has 25 heavy (non-hydrogen) atoms. The maximum Gasteiger partial charge on any atom is 0.402 e. The average molecular weight is 348 g/mol. The molecule has 0 radical (unpaired) electrons. The number of imidazole rings is 1. The van der Waals surface area contributed by atoms with Crippen molar-refractivity contribution < 1.29 is 18.9 Å². The fourth-order valence-electron chi connectivity index (χ4n) is 3.59. The van der Waals surface area contributed by atoms with E-state index in [-0.39, 0.29) is 24.5 Å². The van der Waals surface area contributed by atoms with E-state index in [1.165, 1.54) is 9.80 Å². The second-order valence-corrected chi connectivity index (χ2v) is 6.71. The summed E-state index contributed by atoms with van der Waals surface area (Å²) in [6.45, 7) is 11.2. The predicted molar refractivity (Wildman–Crippen MR) is 92.0 cm³/mol. The van der Waals surface area contributed by atoms with Gasteiger partial charge < -0.3 is 4.74 Å². The molecule has 136 valence electrons. The van der Waals surface area contributed by atoms with E-state index in [0.29, 0.717) is 19.0 Å². The summed E-state index contributed by atoms with van der Waals surface area (Å²) in [7, 11) is 1.67. The molecule has 1 saturated heterocycles. The second kappa shape index (κ2) is 6.25. The van der Waals surface area contributed by atoms with Crippen LogP contribution in [0.4, 0.5) is 10.7 Å². The number of imide groups is 1. The molecule has 2 aliphatic rings. The van der Waals surface area contributed by atoms with Crippen LogP contribution in [0.25, 0.3) is 0 Å². The lowest BCUT2D eigenvalue weighted by Crippen LogP contribution is -2.63. The monoisotopic (exact) mass is 348 g/mol. The molecule has 3 amide bonds. The van der Waals surface area contributed by atoms with Gasteiger partial charge in [0.05, 0.1) is 19.2 Å². The van der Waals surface area contributed by atoms with Crippen molar-refractivity contribution in [3.8, 4) is 0 Å². The second-order valence-electron chi connectivity index (χ2n) is 6.71. The fraction of sp³-hybridized carbons (Fsp3) is 0.647. The number of nitrogens with zero attached hydrogens (tertiary/aromatic N) is 5. The molecule has 8 heteroatoms. The van der Waals surface area contributed by atoms with Gasteiger partial charge in [-0.3, -0.25) is 14.6 Å². The minimum atomic E-state index is -0.585. The lowest BCUT2D eigenvalue weighted by atomic mass is 10.1. The van der Waals surface area contributed by atoms with Crippen LogP contribution < -0.4 is 4.57 Å². The Hall–Kier alpha value is -2.22. The first-order chi connectivity index (χ1) is 11.8. The topological polar surface area (TPSA) is 71.0 Å².